The summed E-state index contributed by atoms with van der Waals surface area (Å²) < 4.78 is 0. The number of amides is 2. The van der Waals surface area contributed by atoms with Gasteiger partial charge < -0.3 is 15.5 Å². The quantitative estimate of drug-likeness (QED) is 0.601. The van der Waals surface area contributed by atoms with Crippen LogP contribution in [0.25, 0.3) is 0 Å². The van der Waals surface area contributed by atoms with Crippen molar-refractivity contribution in [3.63, 3.8) is 0 Å². The molecule has 7 heteroatoms. The second-order valence-corrected chi connectivity index (χ2v) is 3.78. The smallest absolute Gasteiger partial charge is 0.269 e. The highest BCUT2D eigenvalue weighted by atomic mass is 16.2. The van der Waals surface area contributed by atoms with E-state index in [2.05, 4.69) is 20.8 Å². The molecule has 0 saturated carbocycles. The summed E-state index contributed by atoms with van der Waals surface area (Å²) in [6.07, 6.45) is 1.49. The fourth-order valence-electron chi connectivity index (χ4n) is 1.66. The van der Waals surface area contributed by atoms with E-state index in [1.54, 1.807) is 11.0 Å². The van der Waals surface area contributed by atoms with Gasteiger partial charge in [0, 0.05) is 32.4 Å². The molecular weight excluding hydrogens is 222 g/mol. The van der Waals surface area contributed by atoms with Crippen LogP contribution in [0.15, 0.2) is 12.3 Å². The van der Waals surface area contributed by atoms with Gasteiger partial charge in [0.15, 0.2) is 0 Å². The molecule has 2 rings (SSSR count). The maximum absolute atomic E-state index is 11.7. The molecule has 0 atom stereocenters. The molecule has 0 unspecified atom stereocenters. The maximum Gasteiger partial charge on any atom is 0.269 e. The number of hydrogen-bond acceptors (Lipinski definition) is 4. The molecule has 0 radical (unpaired) electrons. The summed E-state index contributed by atoms with van der Waals surface area (Å²) in [5, 5.41) is 11.9. The lowest BCUT2D eigenvalue weighted by atomic mass is 10.3. The van der Waals surface area contributed by atoms with Crippen molar-refractivity contribution in [3.8, 4) is 0 Å². The van der Waals surface area contributed by atoms with E-state index in [4.69, 9.17) is 0 Å². The first kappa shape index (κ1) is 11.6. The largest absolute Gasteiger partial charge is 0.342 e. The summed E-state index contributed by atoms with van der Waals surface area (Å²) in [5.74, 6) is -0.370. The van der Waals surface area contributed by atoms with Gasteiger partial charge in [-0.15, -0.1) is 0 Å². The Bertz CT molecular complexity index is 383. The van der Waals surface area contributed by atoms with E-state index in [-0.39, 0.29) is 18.4 Å². The highest BCUT2D eigenvalue weighted by molar-refractivity contribution is 5.94. The van der Waals surface area contributed by atoms with Crippen LogP contribution in [0, 0.1) is 0 Å². The number of hydrogen-bond donors (Lipinski definition) is 3. The van der Waals surface area contributed by atoms with Gasteiger partial charge in [-0.05, 0) is 6.07 Å². The first-order chi connectivity index (χ1) is 8.27. The van der Waals surface area contributed by atoms with Crippen LogP contribution in [0.5, 0.6) is 0 Å². The molecule has 17 heavy (non-hydrogen) atoms. The molecule has 3 N–H and O–H groups in total. The molecule has 1 saturated heterocycles. The van der Waals surface area contributed by atoms with Gasteiger partial charge in [-0.25, -0.2) is 0 Å². The van der Waals surface area contributed by atoms with Gasteiger partial charge in [0.2, 0.25) is 5.91 Å². The summed E-state index contributed by atoms with van der Waals surface area (Å²) in [6.45, 7) is 3.02. The molecule has 92 valence electrons. The number of H-pyrrole nitrogens is 1. The van der Waals surface area contributed by atoms with Crippen molar-refractivity contribution in [2.24, 2.45) is 0 Å². The maximum atomic E-state index is 11.7. The molecule has 0 aromatic carbocycles. The van der Waals surface area contributed by atoms with Crippen LogP contribution in [-0.4, -0.2) is 59.6 Å². The van der Waals surface area contributed by atoms with Crippen LogP contribution in [-0.2, 0) is 4.79 Å². The van der Waals surface area contributed by atoms with Crippen molar-refractivity contribution in [3.05, 3.63) is 18.0 Å². The van der Waals surface area contributed by atoms with Gasteiger partial charge in [0.05, 0.1) is 6.54 Å². The Morgan fingerprint density at radius 1 is 1.41 bits per heavy atom. The molecule has 0 spiro atoms. The lowest BCUT2D eigenvalue weighted by Crippen LogP contribution is -2.49. The van der Waals surface area contributed by atoms with E-state index < -0.39 is 0 Å². The summed E-state index contributed by atoms with van der Waals surface area (Å²) in [6, 6.07) is 1.56. The standard InChI is InChI=1S/C10H15N5O2/c16-9(15-5-3-11-4-6-15)7-12-10(17)8-1-2-13-14-8/h1-2,11H,3-7H2,(H,12,17)(H,13,14). The minimum absolute atomic E-state index is 0.0256. The predicted molar refractivity (Wildman–Crippen MR) is 60.4 cm³/mol. The number of nitrogens with zero attached hydrogens (tertiary/aromatic N) is 2. The molecule has 0 bridgehead atoms. The van der Waals surface area contributed by atoms with E-state index in [0.717, 1.165) is 13.1 Å². The van der Waals surface area contributed by atoms with Crippen molar-refractivity contribution in [2.45, 2.75) is 0 Å². The number of carbonyl (C=O) groups excluding carboxylic acids is 2. The zero-order valence-electron chi connectivity index (χ0n) is 9.40. The first-order valence-corrected chi connectivity index (χ1v) is 5.53. The Morgan fingerprint density at radius 2 is 2.18 bits per heavy atom. The van der Waals surface area contributed by atoms with Crippen LogP contribution >= 0.6 is 0 Å². The molecule has 7 nitrogen and oxygen atoms in total. The summed E-state index contributed by atoms with van der Waals surface area (Å²) in [5.41, 5.74) is 0.359. The second kappa shape index (κ2) is 5.44. The normalized spacial score (nSPS) is 15.6. The van der Waals surface area contributed by atoms with E-state index in [0.29, 0.717) is 18.8 Å². The Balaban J connectivity index is 1.77. The van der Waals surface area contributed by atoms with Crippen LogP contribution in [0.3, 0.4) is 0 Å². The topological polar surface area (TPSA) is 90.1 Å². The highest BCUT2D eigenvalue weighted by Crippen LogP contribution is 1.94. The van der Waals surface area contributed by atoms with Crippen molar-refractivity contribution in [2.75, 3.05) is 32.7 Å². The Hall–Kier alpha value is -1.89. The number of piperazine rings is 1. The van der Waals surface area contributed by atoms with Crippen LogP contribution in [0.2, 0.25) is 0 Å². The fraction of sp³-hybridized carbons (Fsp3) is 0.500. The SMILES string of the molecule is O=C(NCC(=O)N1CCNCC1)c1ccn[nH]1. The first-order valence-electron chi connectivity index (χ1n) is 5.53. The molecule has 1 aromatic rings. The molecule has 2 amide bonds. The van der Waals surface area contributed by atoms with Crippen LogP contribution < -0.4 is 10.6 Å². The van der Waals surface area contributed by atoms with Crippen LogP contribution in [0.1, 0.15) is 10.5 Å². The molecular formula is C10H15N5O2. The summed E-state index contributed by atoms with van der Waals surface area (Å²) in [4.78, 5) is 25.0. The number of aromatic amines is 1. The van der Waals surface area contributed by atoms with Crippen LogP contribution in [0.4, 0.5) is 0 Å². The minimum Gasteiger partial charge on any atom is -0.342 e. The average molecular weight is 237 g/mol. The van der Waals surface area contributed by atoms with Gasteiger partial charge in [-0.2, -0.15) is 5.10 Å². The zero-order chi connectivity index (χ0) is 12.1. The number of nitrogens with one attached hydrogen (secondary N) is 3. The second-order valence-electron chi connectivity index (χ2n) is 3.78. The Morgan fingerprint density at radius 3 is 2.82 bits per heavy atom. The molecule has 1 aromatic heterocycles. The number of rotatable bonds is 3. The van der Waals surface area contributed by atoms with E-state index in [9.17, 15) is 9.59 Å². The number of aromatic nitrogens is 2. The fourth-order valence-corrected chi connectivity index (χ4v) is 1.66. The lowest BCUT2D eigenvalue weighted by Gasteiger charge is -2.27. The minimum atomic E-state index is -0.314. The van der Waals surface area contributed by atoms with Crippen molar-refractivity contribution < 1.29 is 9.59 Å². The zero-order valence-corrected chi connectivity index (χ0v) is 9.40. The van der Waals surface area contributed by atoms with Gasteiger partial charge in [0.25, 0.3) is 5.91 Å². The third kappa shape index (κ3) is 3.04. The molecule has 0 aliphatic carbocycles. The third-order valence-electron chi connectivity index (χ3n) is 2.62. The predicted octanol–water partition coefficient (Wildman–Crippen LogP) is -1.43. The van der Waals surface area contributed by atoms with E-state index in [1.807, 2.05) is 0 Å². The van der Waals surface area contributed by atoms with Gasteiger partial charge in [-0.3, -0.25) is 14.7 Å². The Kier molecular flexibility index (Phi) is 3.71. The molecule has 1 fully saturated rings. The van der Waals surface area contributed by atoms with Gasteiger partial charge in [-0.1, -0.05) is 0 Å². The van der Waals surface area contributed by atoms with Crippen molar-refractivity contribution in [1.29, 1.82) is 0 Å². The monoisotopic (exact) mass is 237 g/mol. The average Bonchev–Trinajstić information content (AvgIpc) is 2.90. The molecule has 1 aliphatic heterocycles. The van der Waals surface area contributed by atoms with Crippen molar-refractivity contribution in [1.82, 2.24) is 25.7 Å². The van der Waals surface area contributed by atoms with Gasteiger partial charge >= 0.3 is 0 Å². The summed E-state index contributed by atoms with van der Waals surface area (Å²) in [7, 11) is 0. The highest BCUT2D eigenvalue weighted by Gasteiger charge is 2.17. The van der Waals surface area contributed by atoms with Crippen molar-refractivity contribution >= 4 is 11.8 Å². The molecule has 2 heterocycles. The third-order valence-corrected chi connectivity index (χ3v) is 2.62. The van der Waals surface area contributed by atoms with E-state index in [1.165, 1.54) is 6.20 Å². The molecule has 1 aliphatic rings. The van der Waals surface area contributed by atoms with Gasteiger partial charge in [0.1, 0.15) is 5.69 Å². The number of carbonyl (C=O) groups is 2. The van der Waals surface area contributed by atoms with E-state index >= 15 is 0 Å². The lowest BCUT2D eigenvalue weighted by molar-refractivity contribution is -0.130. The Labute approximate surface area is 98.6 Å². The summed E-state index contributed by atoms with van der Waals surface area (Å²) >= 11 is 0.